The Labute approximate surface area is 118 Å². The molecule has 3 heteroatoms. The topological polar surface area (TPSA) is 23.5 Å². The fourth-order valence-corrected chi connectivity index (χ4v) is 2.01. The SMILES string of the molecule is CN(Cc1cccc(C#CCO)c1)c1ccccc1F. The van der Waals surface area contributed by atoms with Gasteiger partial charge in [-0.1, -0.05) is 36.1 Å². The van der Waals surface area contributed by atoms with Gasteiger partial charge in [-0.15, -0.1) is 0 Å². The summed E-state index contributed by atoms with van der Waals surface area (Å²) in [6.45, 7) is 0.439. The zero-order valence-corrected chi connectivity index (χ0v) is 11.3. The number of anilines is 1. The highest BCUT2D eigenvalue weighted by Gasteiger charge is 2.07. The predicted molar refractivity (Wildman–Crippen MR) is 78.9 cm³/mol. The van der Waals surface area contributed by atoms with Crippen LogP contribution in [0.25, 0.3) is 0 Å². The van der Waals surface area contributed by atoms with E-state index in [0.29, 0.717) is 12.2 Å². The van der Waals surface area contributed by atoms with E-state index in [2.05, 4.69) is 11.8 Å². The maximum atomic E-state index is 13.7. The number of nitrogens with zero attached hydrogens (tertiary/aromatic N) is 1. The van der Waals surface area contributed by atoms with Gasteiger partial charge in [-0.2, -0.15) is 0 Å². The zero-order valence-electron chi connectivity index (χ0n) is 11.3. The summed E-state index contributed by atoms with van der Waals surface area (Å²) in [7, 11) is 1.85. The predicted octanol–water partition coefficient (Wildman–Crippen LogP) is 2.81. The molecule has 0 aliphatic rings. The number of halogens is 1. The molecule has 0 saturated heterocycles. The lowest BCUT2D eigenvalue weighted by molar-refractivity contribution is 0.350. The van der Waals surface area contributed by atoms with Gasteiger partial charge in [0.05, 0.1) is 5.69 Å². The van der Waals surface area contributed by atoms with Gasteiger partial charge in [-0.05, 0) is 29.8 Å². The van der Waals surface area contributed by atoms with Crippen LogP contribution >= 0.6 is 0 Å². The van der Waals surface area contributed by atoms with Gasteiger partial charge in [0.1, 0.15) is 12.4 Å². The van der Waals surface area contributed by atoms with Crippen LogP contribution in [0.2, 0.25) is 0 Å². The highest BCUT2D eigenvalue weighted by atomic mass is 19.1. The number of hydrogen-bond acceptors (Lipinski definition) is 2. The Hall–Kier alpha value is -2.31. The summed E-state index contributed by atoms with van der Waals surface area (Å²) >= 11 is 0. The Morgan fingerprint density at radius 3 is 2.70 bits per heavy atom. The van der Waals surface area contributed by atoms with Crippen molar-refractivity contribution in [1.29, 1.82) is 0 Å². The zero-order chi connectivity index (χ0) is 14.4. The number of para-hydroxylation sites is 1. The molecule has 0 saturated carbocycles. The monoisotopic (exact) mass is 269 g/mol. The second-order valence-corrected chi connectivity index (χ2v) is 4.47. The molecule has 2 nitrogen and oxygen atoms in total. The lowest BCUT2D eigenvalue weighted by Gasteiger charge is -2.20. The van der Waals surface area contributed by atoms with Gasteiger partial charge in [0.25, 0.3) is 0 Å². The van der Waals surface area contributed by atoms with E-state index in [4.69, 9.17) is 5.11 Å². The maximum absolute atomic E-state index is 13.7. The molecule has 1 N–H and O–H groups in total. The number of aliphatic hydroxyl groups excluding tert-OH is 1. The van der Waals surface area contributed by atoms with E-state index in [9.17, 15) is 4.39 Å². The minimum atomic E-state index is -0.230. The first kappa shape index (κ1) is 14.1. The first-order valence-electron chi connectivity index (χ1n) is 6.35. The van der Waals surface area contributed by atoms with E-state index >= 15 is 0 Å². The molecule has 2 rings (SSSR count). The van der Waals surface area contributed by atoms with Gasteiger partial charge in [0, 0.05) is 19.2 Å². The summed E-state index contributed by atoms with van der Waals surface area (Å²) in [5.41, 5.74) is 2.46. The number of aliphatic hydroxyl groups is 1. The minimum absolute atomic E-state index is 0.153. The number of benzene rings is 2. The van der Waals surface area contributed by atoms with E-state index in [-0.39, 0.29) is 12.4 Å². The van der Waals surface area contributed by atoms with Crippen molar-refractivity contribution in [2.24, 2.45) is 0 Å². The van der Waals surface area contributed by atoms with Gasteiger partial charge < -0.3 is 10.0 Å². The molecule has 0 unspecified atom stereocenters. The lowest BCUT2D eigenvalue weighted by atomic mass is 10.1. The van der Waals surface area contributed by atoms with Crippen LogP contribution in [0.3, 0.4) is 0 Å². The molecule has 0 fully saturated rings. The van der Waals surface area contributed by atoms with Crippen molar-refractivity contribution in [3.8, 4) is 11.8 Å². The third kappa shape index (κ3) is 3.59. The Morgan fingerprint density at radius 2 is 1.95 bits per heavy atom. The Bertz CT molecular complexity index is 643. The smallest absolute Gasteiger partial charge is 0.146 e. The molecule has 2 aromatic rings. The molecule has 0 atom stereocenters. The molecule has 102 valence electrons. The van der Waals surface area contributed by atoms with Crippen molar-refractivity contribution in [2.45, 2.75) is 6.54 Å². The van der Waals surface area contributed by atoms with Gasteiger partial charge in [-0.3, -0.25) is 0 Å². The van der Waals surface area contributed by atoms with Crippen LogP contribution in [0, 0.1) is 17.7 Å². The molecular weight excluding hydrogens is 253 g/mol. The maximum Gasteiger partial charge on any atom is 0.146 e. The highest BCUT2D eigenvalue weighted by Crippen LogP contribution is 2.19. The Kier molecular flexibility index (Phi) is 4.75. The van der Waals surface area contributed by atoms with E-state index < -0.39 is 0 Å². The van der Waals surface area contributed by atoms with Crippen molar-refractivity contribution >= 4 is 5.69 Å². The summed E-state index contributed by atoms with van der Waals surface area (Å²) < 4.78 is 13.7. The second kappa shape index (κ2) is 6.74. The molecule has 0 radical (unpaired) electrons. The first-order valence-corrected chi connectivity index (χ1v) is 6.35. The van der Waals surface area contributed by atoms with Crippen LogP contribution in [0.1, 0.15) is 11.1 Å². The Balaban J connectivity index is 2.16. The number of hydrogen-bond donors (Lipinski definition) is 1. The summed E-state index contributed by atoms with van der Waals surface area (Å²) in [5.74, 6) is 5.25. The fourth-order valence-electron chi connectivity index (χ4n) is 2.01. The van der Waals surface area contributed by atoms with Crippen molar-refractivity contribution in [1.82, 2.24) is 0 Å². The average Bonchev–Trinajstić information content (AvgIpc) is 2.46. The van der Waals surface area contributed by atoms with Crippen molar-refractivity contribution in [3.05, 3.63) is 65.5 Å². The van der Waals surface area contributed by atoms with E-state index in [1.165, 1.54) is 6.07 Å². The standard InChI is InChI=1S/C17H16FNO/c1-19(17-10-3-2-9-16(17)18)13-15-7-4-6-14(12-15)8-5-11-20/h2-4,6-7,9-10,12,20H,11,13H2,1H3. The Morgan fingerprint density at radius 1 is 1.15 bits per heavy atom. The normalized spacial score (nSPS) is 9.75. The van der Waals surface area contributed by atoms with Gasteiger partial charge >= 0.3 is 0 Å². The third-order valence-electron chi connectivity index (χ3n) is 2.92. The molecular formula is C17H16FNO. The third-order valence-corrected chi connectivity index (χ3v) is 2.92. The first-order chi connectivity index (χ1) is 9.70. The van der Waals surface area contributed by atoms with Crippen LogP contribution in [-0.4, -0.2) is 18.8 Å². The number of rotatable bonds is 3. The summed E-state index contributed by atoms with van der Waals surface area (Å²) in [5, 5.41) is 8.70. The van der Waals surface area contributed by atoms with E-state index in [1.54, 1.807) is 12.1 Å². The summed E-state index contributed by atoms with van der Waals surface area (Å²) in [4.78, 5) is 1.86. The molecule has 2 aromatic carbocycles. The second-order valence-electron chi connectivity index (χ2n) is 4.47. The van der Waals surface area contributed by atoms with Crippen LogP contribution < -0.4 is 4.90 Å². The van der Waals surface area contributed by atoms with Crippen molar-refractivity contribution < 1.29 is 9.50 Å². The lowest BCUT2D eigenvalue weighted by Crippen LogP contribution is -2.17. The highest BCUT2D eigenvalue weighted by molar-refractivity contribution is 5.48. The van der Waals surface area contributed by atoms with Crippen molar-refractivity contribution in [2.75, 3.05) is 18.6 Å². The van der Waals surface area contributed by atoms with Gasteiger partial charge in [0.15, 0.2) is 0 Å². The molecule has 20 heavy (non-hydrogen) atoms. The average molecular weight is 269 g/mol. The molecule has 0 aromatic heterocycles. The van der Waals surface area contributed by atoms with E-state index in [0.717, 1.165) is 11.1 Å². The molecule has 0 aliphatic heterocycles. The molecule has 0 amide bonds. The fraction of sp³-hybridized carbons (Fsp3) is 0.176. The molecule has 0 heterocycles. The summed E-state index contributed by atoms with van der Waals surface area (Å²) in [6.07, 6.45) is 0. The van der Waals surface area contributed by atoms with Crippen LogP contribution in [-0.2, 0) is 6.54 Å². The van der Waals surface area contributed by atoms with E-state index in [1.807, 2.05) is 42.3 Å². The molecule has 0 bridgehead atoms. The van der Waals surface area contributed by atoms with Crippen molar-refractivity contribution in [3.63, 3.8) is 0 Å². The largest absolute Gasteiger partial charge is 0.384 e. The van der Waals surface area contributed by atoms with Gasteiger partial charge in [0.2, 0.25) is 0 Å². The van der Waals surface area contributed by atoms with Crippen LogP contribution in [0.15, 0.2) is 48.5 Å². The van der Waals surface area contributed by atoms with Crippen LogP contribution in [0.5, 0.6) is 0 Å². The molecule has 0 aliphatic carbocycles. The minimum Gasteiger partial charge on any atom is -0.384 e. The quantitative estimate of drug-likeness (QED) is 0.866. The molecule has 0 spiro atoms. The van der Waals surface area contributed by atoms with Crippen LogP contribution in [0.4, 0.5) is 10.1 Å². The summed E-state index contributed by atoms with van der Waals surface area (Å²) in [6, 6.07) is 14.4. The van der Waals surface area contributed by atoms with Gasteiger partial charge in [-0.25, -0.2) is 4.39 Å².